The van der Waals surface area contributed by atoms with Crippen LogP contribution in [-0.4, -0.2) is 47.5 Å². The predicted molar refractivity (Wildman–Crippen MR) is 141 cm³/mol. The largest absolute Gasteiger partial charge is 0.370 e. The molecule has 0 aliphatic carbocycles. The monoisotopic (exact) mass is 559 g/mol. The van der Waals surface area contributed by atoms with Crippen LogP contribution in [-0.2, 0) is 10.0 Å². The number of benzene rings is 2. The Balaban J connectivity index is 1.43. The van der Waals surface area contributed by atoms with E-state index in [1.54, 1.807) is 23.8 Å². The van der Waals surface area contributed by atoms with Gasteiger partial charge in [0, 0.05) is 42.2 Å². The molecule has 176 valence electrons. The molecule has 34 heavy (non-hydrogen) atoms. The van der Waals surface area contributed by atoms with Gasteiger partial charge in [0.05, 0.1) is 16.4 Å². The third kappa shape index (κ3) is 5.67. The maximum atomic E-state index is 12.6. The maximum Gasteiger partial charge on any atom is 0.235 e. The molecule has 2 aromatic heterocycles. The van der Waals surface area contributed by atoms with E-state index in [9.17, 15) is 8.42 Å². The Hall–Kier alpha value is -2.72. The van der Waals surface area contributed by atoms with Gasteiger partial charge in [-0.1, -0.05) is 60.1 Å². The van der Waals surface area contributed by atoms with E-state index in [1.807, 2.05) is 60.7 Å². The van der Waals surface area contributed by atoms with E-state index < -0.39 is 10.0 Å². The molecule has 7 nitrogen and oxygen atoms in total. The second-order valence-corrected chi connectivity index (χ2v) is 10.8. The quantitative estimate of drug-likeness (QED) is 0.272. The van der Waals surface area contributed by atoms with E-state index in [4.69, 9.17) is 16.6 Å². The molecule has 4 aromatic rings. The van der Waals surface area contributed by atoms with Crippen LogP contribution >= 0.6 is 27.5 Å². The summed E-state index contributed by atoms with van der Waals surface area (Å²) in [6.45, 7) is 0.906. The van der Waals surface area contributed by atoms with Crippen molar-refractivity contribution in [3.8, 4) is 11.3 Å². The molecule has 2 heterocycles. The minimum Gasteiger partial charge on any atom is -0.370 e. The highest BCUT2D eigenvalue weighted by Gasteiger charge is 2.15. The molecule has 10 heteroatoms. The third-order valence-electron chi connectivity index (χ3n) is 5.20. The van der Waals surface area contributed by atoms with E-state index in [0.717, 1.165) is 21.4 Å². The second-order valence-electron chi connectivity index (χ2n) is 7.59. The van der Waals surface area contributed by atoms with Crippen LogP contribution in [0.2, 0.25) is 5.02 Å². The van der Waals surface area contributed by atoms with E-state index >= 15 is 0 Å². The van der Waals surface area contributed by atoms with Gasteiger partial charge in [0.1, 0.15) is 5.82 Å². The first-order valence-corrected chi connectivity index (χ1v) is 13.2. The third-order valence-corrected chi connectivity index (χ3v) is 7.62. The lowest BCUT2D eigenvalue weighted by atomic mass is 10.1. The van der Waals surface area contributed by atoms with Gasteiger partial charge in [-0.15, -0.1) is 0 Å². The number of anilines is 1. The fourth-order valence-electron chi connectivity index (χ4n) is 3.35. The lowest BCUT2D eigenvalue weighted by molar-refractivity contribution is 0.473. The van der Waals surface area contributed by atoms with Crippen LogP contribution in [0.5, 0.6) is 0 Å². The first-order chi connectivity index (χ1) is 16.3. The minimum absolute atomic E-state index is 0.364. The summed E-state index contributed by atoms with van der Waals surface area (Å²) in [6, 6.07) is 18.7. The number of aromatic nitrogens is 3. The average Bonchev–Trinajstić information content (AvgIpc) is 3.22. The van der Waals surface area contributed by atoms with Crippen LogP contribution < -0.4 is 5.32 Å². The predicted octanol–water partition coefficient (Wildman–Crippen LogP) is 5.55. The summed E-state index contributed by atoms with van der Waals surface area (Å²) in [7, 11) is -1.93. The number of rotatable bonds is 9. The molecule has 0 radical (unpaired) electrons. The topological polar surface area (TPSA) is 79.6 Å². The number of nitrogens with zero attached hydrogens (tertiary/aromatic N) is 4. The highest BCUT2D eigenvalue weighted by molar-refractivity contribution is 9.10. The van der Waals surface area contributed by atoms with Crippen LogP contribution in [0.15, 0.2) is 76.7 Å². The van der Waals surface area contributed by atoms with Crippen molar-refractivity contribution in [1.29, 1.82) is 0 Å². The molecule has 0 fully saturated rings. The number of hydrogen-bond acceptors (Lipinski definition) is 5. The molecule has 0 spiro atoms. The van der Waals surface area contributed by atoms with Crippen LogP contribution in [0.25, 0.3) is 23.0 Å². The van der Waals surface area contributed by atoms with Crippen molar-refractivity contribution in [2.24, 2.45) is 0 Å². The molecule has 0 saturated heterocycles. The fourth-order valence-corrected chi connectivity index (χ4v) is 4.85. The van der Waals surface area contributed by atoms with Gasteiger partial charge in [0.2, 0.25) is 10.0 Å². The molecule has 0 saturated carbocycles. The summed E-state index contributed by atoms with van der Waals surface area (Å²) in [4.78, 5) is 4.69. The Kier molecular flexibility index (Phi) is 7.67. The number of hydrogen-bond donors (Lipinski definition) is 1. The van der Waals surface area contributed by atoms with Crippen molar-refractivity contribution in [1.82, 2.24) is 18.9 Å². The second kappa shape index (κ2) is 10.7. The van der Waals surface area contributed by atoms with E-state index in [0.29, 0.717) is 35.9 Å². The van der Waals surface area contributed by atoms with Crippen LogP contribution in [0.1, 0.15) is 12.0 Å². The van der Waals surface area contributed by atoms with E-state index in [2.05, 4.69) is 26.3 Å². The molecule has 4 rings (SSSR count). The van der Waals surface area contributed by atoms with Gasteiger partial charge in [0.15, 0.2) is 5.65 Å². The molecular weight excluding hydrogens is 538 g/mol. The van der Waals surface area contributed by atoms with Crippen LogP contribution in [0.3, 0.4) is 0 Å². The fraction of sp³-hybridized carbons (Fsp3) is 0.167. The maximum absolute atomic E-state index is 12.6. The summed E-state index contributed by atoms with van der Waals surface area (Å²) in [5.41, 5.74) is 3.03. The summed E-state index contributed by atoms with van der Waals surface area (Å²) >= 11 is 9.88. The SMILES string of the molecule is CN(CCCNc1cc(-c2ccccc2Cl)nc2c(Br)cnn12)S(=O)(=O)C=Cc1ccccc1. The lowest BCUT2D eigenvalue weighted by Gasteiger charge is -2.15. The van der Waals surface area contributed by atoms with Gasteiger partial charge in [-0.2, -0.15) is 9.61 Å². The van der Waals surface area contributed by atoms with Gasteiger partial charge < -0.3 is 5.32 Å². The molecule has 0 aliphatic heterocycles. The zero-order valence-corrected chi connectivity index (χ0v) is 21.6. The summed E-state index contributed by atoms with van der Waals surface area (Å²) < 4.78 is 28.9. The number of halogens is 2. The molecule has 0 unspecified atom stereocenters. The average molecular weight is 561 g/mol. The Labute approximate surface area is 212 Å². The molecule has 0 aliphatic rings. The van der Waals surface area contributed by atoms with Crippen molar-refractivity contribution in [2.75, 3.05) is 25.5 Å². The van der Waals surface area contributed by atoms with Crippen molar-refractivity contribution < 1.29 is 8.42 Å². The normalized spacial score (nSPS) is 12.1. The van der Waals surface area contributed by atoms with Gasteiger partial charge in [-0.05, 0) is 40.1 Å². The Morgan fingerprint density at radius 3 is 2.65 bits per heavy atom. The van der Waals surface area contributed by atoms with Gasteiger partial charge in [-0.25, -0.2) is 17.7 Å². The van der Waals surface area contributed by atoms with Crippen LogP contribution in [0.4, 0.5) is 5.82 Å². The Morgan fingerprint density at radius 2 is 1.88 bits per heavy atom. The number of fused-ring (bicyclic) bond motifs is 1. The van der Waals surface area contributed by atoms with E-state index in [-0.39, 0.29) is 0 Å². The first-order valence-electron chi connectivity index (χ1n) is 10.6. The van der Waals surface area contributed by atoms with Gasteiger partial charge in [-0.3, -0.25) is 0 Å². The summed E-state index contributed by atoms with van der Waals surface area (Å²) in [6.07, 6.45) is 3.88. The van der Waals surface area contributed by atoms with Crippen molar-refractivity contribution >= 4 is 55.1 Å². The zero-order valence-electron chi connectivity index (χ0n) is 18.4. The lowest BCUT2D eigenvalue weighted by Crippen LogP contribution is -2.27. The highest BCUT2D eigenvalue weighted by Crippen LogP contribution is 2.30. The molecule has 1 N–H and O–H groups in total. The van der Waals surface area contributed by atoms with E-state index in [1.165, 1.54) is 9.71 Å². The van der Waals surface area contributed by atoms with Crippen molar-refractivity contribution in [2.45, 2.75) is 6.42 Å². The molecule has 0 bridgehead atoms. The molecule has 0 amide bonds. The number of nitrogens with one attached hydrogen (secondary N) is 1. The molecule has 2 aromatic carbocycles. The smallest absolute Gasteiger partial charge is 0.235 e. The first kappa shape index (κ1) is 24.4. The molecular formula is C24H23BrClN5O2S. The Bertz CT molecular complexity index is 1420. The number of sulfonamides is 1. The zero-order chi connectivity index (χ0) is 24.1. The van der Waals surface area contributed by atoms with Gasteiger partial charge in [0.25, 0.3) is 0 Å². The van der Waals surface area contributed by atoms with Crippen molar-refractivity contribution in [3.05, 3.63) is 87.3 Å². The molecule has 0 atom stereocenters. The van der Waals surface area contributed by atoms with Crippen LogP contribution in [0, 0.1) is 0 Å². The van der Waals surface area contributed by atoms with Gasteiger partial charge >= 0.3 is 0 Å². The summed E-state index contributed by atoms with van der Waals surface area (Å²) in [5, 5.41) is 9.57. The Morgan fingerprint density at radius 1 is 1.15 bits per heavy atom. The summed E-state index contributed by atoms with van der Waals surface area (Å²) in [5.74, 6) is 0.736. The highest BCUT2D eigenvalue weighted by atomic mass is 79.9. The van der Waals surface area contributed by atoms with Crippen molar-refractivity contribution in [3.63, 3.8) is 0 Å². The minimum atomic E-state index is -3.51. The standard InChI is InChI=1S/C24H23BrClN5O2S/c1-30(34(32,33)15-12-18-8-3-2-4-9-18)14-7-13-27-23-16-22(19-10-5-6-11-21(19)26)29-24-20(25)17-28-31(23)24/h2-6,8-12,15-17,27H,7,13-14H2,1H3.